The van der Waals surface area contributed by atoms with Crippen LogP contribution in [0.4, 0.5) is 10.2 Å². The Morgan fingerprint density at radius 3 is 2.48 bits per heavy atom. The summed E-state index contributed by atoms with van der Waals surface area (Å²) in [6.45, 7) is 2.37. The van der Waals surface area contributed by atoms with Crippen LogP contribution in [0.2, 0.25) is 0 Å². The third kappa shape index (κ3) is 7.69. The maximum Gasteiger partial charge on any atom is 0.317 e. The number of benzene rings is 2. The van der Waals surface area contributed by atoms with Gasteiger partial charge in [-0.25, -0.2) is 19.3 Å². The zero-order chi connectivity index (χ0) is 31.2. The zero-order valence-corrected chi connectivity index (χ0v) is 25.7. The van der Waals surface area contributed by atoms with Gasteiger partial charge in [-0.1, -0.05) is 12.8 Å². The summed E-state index contributed by atoms with van der Waals surface area (Å²) in [6, 6.07) is 11.9. The lowest BCUT2D eigenvalue weighted by atomic mass is 10.1. The summed E-state index contributed by atoms with van der Waals surface area (Å²) in [7, 11) is 3.43. The number of nitrogens with two attached hydrogens (primary N) is 1. The number of halogens is 1. The number of aliphatic carboxylic acids is 1. The molecule has 1 aliphatic carbocycles. The summed E-state index contributed by atoms with van der Waals surface area (Å²) in [5.41, 5.74) is 8.82. The number of ether oxygens (including phenoxy) is 2. The van der Waals surface area contributed by atoms with Gasteiger partial charge >= 0.3 is 5.97 Å². The molecular formula is C32H35FN6O4S. The molecule has 230 valence electrons. The lowest BCUT2D eigenvalue weighted by molar-refractivity contribution is -0.137. The molecule has 3 N–H and O–H groups in total. The molecule has 5 aromatic rings. The van der Waals surface area contributed by atoms with E-state index >= 15 is 0 Å². The number of anilines is 1. The average molecular weight is 619 g/mol. The minimum atomic E-state index is -0.787. The van der Waals surface area contributed by atoms with Crippen molar-refractivity contribution in [1.29, 1.82) is 0 Å². The van der Waals surface area contributed by atoms with E-state index in [0.29, 0.717) is 35.6 Å². The van der Waals surface area contributed by atoms with Gasteiger partial charge in [0.05, 0.1) is 16.4 Å². The third-order valence-electron chi connectivity index (χ3n) is 7.04. The summed E-state index contributed by atoms with van der Waals surface area (Å²) in [5, 5.41) is 9.00. The van der Waals surface area contributed by atoms with Crippen molar-refractivity contribution in [2.45, 2.75) is 45.1 Å². The van der Waals surface area contributed by atoms with Gasteiger partial charge in [0.25, 0.3) is 0 Å². The number of nitrogens with zero attached hydrogens (tertiary/aromatic N) is 5. The van der Waals surface area contributed by atoms with E-state index in [2.05, 4.69) is 14.4 Å². The number of carboxylic acids is 1. The number of hydrogen-bond donors (Lipinski definition) is 2. The first kappa shape index (κ1) is 30.9. The summed E-state index contributed by atoms with van der Waals surface area (Å²) in [5.74, 6) is 2.02. The molecule has 3 heterocycles. The quantitative estimate of drug-likeness (QED) is 0.189. The number of likely N-dealkylation sites (N-methyl/N-ethyl adjacent to an activating group) is 1. The molecule has 2 aromatic carbocycles. The molecule has 0 aliphatic heterocycles. The number of nitrogen functional groups attached to an aromatic ring is 1. The molecular weight excluding hydrogens is 583 g/mol. The standard InChI is InChI=1S/C28H26FN5O2S.C4H9NO2/c1-17-32-15-24(37-17)16-35-22-12-20(29)13-23(14-22)36-21-8-6-18(7-9-21)25-26-27(30)31-10-11-34(26)28(33-25)19-4-2-3-5-19;1-5(2)3-4(6)7/h6-15,19H,2-5,16H2,1H3,(H2,30,31);3H2,1-2H3,(H,6,7). The number of aryl methyl sites for hydroxylation is 1. The van der Waals surface area contributed by atoms with E-state index < -0.39 is 11.8 Å². The monoisotopic (exact) mass is 618 g/mol. The number of aromatic nitrogens is 4. The van der Waals surface area contributed by atoms with Crippen LogP contribution in [-0.2, 0) is 11.4 Å². The van der Waals surface area contributed by atoms with E-state index in [1.54, 1.807) is 48.8 Å². The fourth-order valence-corrected chi connectivity index (χ4v) is 5.86. The Hall–Kier alpha value is -4.55. The number of fused-ring (bicyclic) bond motifs is 1. The maximum atomic E-state index is 14.3. The SMILES string of the molecule is CN(C)CC(=O)O.Cc1ncc(COc2cc(F)cc(Oc3ccc(-c4nc(C5CCCC5)n5ccnc(N)c45)cc3)c2)s1. The highest BCUT2D eigenvalue weighted by molar-refractivity contribution is 7.11. The average Bonchev–Trinajstić information content (AvgIpc) is 3.72. The Morgan fingerprint density at radius 1 is 1.11 bits per heavy atom. The molecule has 12 heteroatoms. The molecule has 6 rings (SSSR count). The van der Waals surface area contributed by atoms with Crippen molar-refractivity contribution in [3.8, 4) is 28.5 Å². The van der Waals surface area contributed by atoms with Crippen LogP contribution < -0.4 is 15.2 Å². The second-order valence-corrected chi connectivity index (χ2v) is 12.2. The molecule has 10 nitrogen and oxygen atoms in total. The maximum absolute atomic E-state index is 14.3. The van der Waals surface area contributed by atoms with E-state index in [9.17, 15) is 9.18 Å². The molecule has 44 heavy (non-hydrogen) atoms. The summed E-state index contributed by atoms with van der Waals surface area (Å²) < 4.78 is 28.1. The largest absolute Gasteiger partial charge is 0.488 e. The van der Waals surface area contributed by atoms with Crippen LogP contribution in [0.1, 0.15) is 47.3 Å². The van der Waals surface area contributed by atoms with Crippen molar-refractivity contribution in [3.05, 3.63) is 82.6 Å². The van der Waals surface area contributed by atoms with Gasteiger partial charge in [0, 0.05) is 48.3 Å². The molecule has 0 atom stereocenters. The topological polar surface area (TPSA) is 128 Å². The molecule has 0 saturated heterocycles. The van der Waals surface area contributed by atoms with Gasteiger partial charge in [0.2, 0.25) is 0 Å². The lowest BCUT2D eigenvalue weighted by Crippen LogP contribution is -2.20. The van der Waals surface area contributed by atoms with E-state index in [4.69, 9.17) is 25.3 Å². The number of imidazole rings is 1. The van der Waals surface area contributed by atoms with E-state index in [1.165, 1.54) is 25.0 Å². The molecule has 0 bridgehead atoms. The fraction of sp³-hybridized carbons (Fsp3) is 0.312. The van der Waals surface area contributed by atoms with Crippen LogP contribution in [0, 0.1) is 12.7 Å². The molecule has 0 unspecified atom stereocenters. The van der Waals surface area contributed by atoms with Gasteiger partial charge in [0.1, 0.15) is 52.5 Å². The van der Waals surface area contributed by atoms with Crippen LogP contribution in [0.25, 0.3) is 16.8 Å². The van der Waals surface area contributed by atoms with E-state index in [-0.39, 0.29) is 6.54 Å². The number of carbonyl (C=O) groups is 1. The first-order valence-electron chi connectivity index (χ1n) is 14.3. The summed E-state index contributed by atoms with van der Waals surface area (Å²) >= 11 is 1.55. The van der Waals surface area contributed by atoms with E-state index in [0.717, 1.165) is 45.3 Å². The Kier molecular flexibility index (Phi) is 9.71. The molecule has 1 aliphatic rings. The number of thiazole rings is 1. The predicted molar refractivity (Wildman–Crippen MR) is 168 cm³/mol. The highest BCUT2D eigenvalue weighted by Crippen LogP contribution is 2.38. The van der Waals surface area contributed by atoms with Crippen LogP contribution in [0.5, 0.6) is 17.2 Å². The Labute approximate surface area is 258 Å². The van der Waals surface area contributed by atoms with Crippen LogP contribution in [0.3, 0.4) is 0 Å². The highest BCUT2D eigenvalue weighted by Gasteiger charge is 2.25. The van der Waals surface area contributed by atoms with Crippen molar-refractivity contribution in [2.75, 3.05) is 26.4 Å². The first-order valence-corrected chi connectivity index (χ1v) is 15.1. The number of rotatable bonds is 9. The van der Waals surface area contributed by atoms with Gasteiger partial charge in [-0.05, 0) is 58.1 Å². The van der Waals surface area contributed by atoms with Crippen LogP contribution >= 0.6 is 11.3 Å². The van der Waals surface area contributed by atoms with Gasteiger partial charge < -0.3 is 20.3 Å². The van der Waals surface area contributed by atoms with Crippen LogP contribution in [0.15, 0.2) is 61.1 Å². The molecule has 0 radical (unpaired) electrons. The molecule has 3 aromatic heterocycles. The minimum absolute atomic E-state index is 0.111. The second kappa shape index (κ2) is 13.8. The van der Waals surface area contributed by atoms with Gasteiger partial charge in [0.15, 0.2) is 0 Å². The van der Waals surface area contributed by atoms with Gasteiger partial charge in [-0.15, -0.1) is 11.3 Å². The van der Waals surface area contributed by atoms with Crippen molar-refractivity contribution in [2.24, 2.45) is 0 Å². The third-order valence-corrected chi connectivity index (χ3v) is 7.93. The highest BCUT2D eigenvalue weighted by atomic mass is 32.1. The fourth-order valence-electron chi connectivity index (χ4n) is 5.15. The Bertz CT molecular complexity index is 1730. The lowest BCUT2D eigenvalue weighted by Gasteiger charge is -2.10. The van der Waals surface area contributed by atoms with Crippen molar-refractivity contribution in [1.82, 2.24) is 24.3 Å². The number of hydrogen-bond acceptors (Lipinski definition) is 9. The Morgan fingerprint density at radius 2 is 1.84 bits per heavy atom. The predicted octanol–water partition coefficient (Wildman–Crippen LogP) is 6.54. The van der Waals surface area contributed by atoms with Gasteiger partial charge in [-0.2, -0.15) is 0 Å². The number of carboxylic acid groups (broad SMARTS) is 1. The van der Waals surface area contributed by atoms with Gasteiger partial charge in [-0.3, -0.25) is 14.1 Å². The summed E-state index contributed by atoms with van der Waals surface area (Å²) in [4.78, 5) is 25.9. The van der Waals surface area contributed by atoms with Crippen molar-refractivity contribution < 1.29 is 23.8 Å². The van der Waals surface area contributed by atoms with E-state index in [1.807, 2.05) is 37.4 Å². The molecule has 0 amide bonds. The van der Waals surface area contributed by atoms with Crippen molar-refractivity contribution in [3.63, 3.8) is 0 Å². The molecule has 0 spiro atoms. The first-order chi connectivity index (χ1) is 21.2. The molecule has 1 fully saturated rings. The van der Waals surface area contributed by atoms with Crippen LogP contribution in [-0.4, -0.2) is 56.0 Å². The minimum Gasteiger partial charge on any atom is -0.488 e. The van der Waals surface area contributed by atoms with Crippen molar-refractivity contribution >= 4 is 28.6 Å². The second-order valence-electron chi connectivity index (χ2n) is 10.8. The summed E-state index contributed by atoms with van der Waals surface area (Å²) in [6.07, 6.45) is 10.1. The zero-order valence-electron chi connectivity index (χ0n) is 24.9. The smallest absolute Gasteiger partial charge is 0.317 e. The molecule has 1 saturated carbocycles. The normalized spacial score (nSPS) is 13.2. The Balaban J connectivity index is 0.000000493.